The minimum atomic E-state index is -0.122. The molecule has 3 nitrogen and oxygen atoms in total. The van der Waals surface area contributed by atoms with E-state index < -0.39 is 0 Å². The summed E-state index contributed by atoms with van der Waals surface area (Å²) >= 11 is 6.09. The first-order valence-corrected chi connectivity index (χ1v) is 6.53. The lowest BCUT2D eigenvalue weighted by Gasteiger charge is -2.06. The van der Waals surface area contributed by atoms with Crippen molar-refractivity contribution in [2.75, 3.05) is 5.73 Å². The molecular formula is C16H12ClNO2. The summed E-state index contributed by atoms with van der Waals surface area (Å²) in [6, 6.07) is 12.1. The number of aryl methyl sites for hydroxylation is 1. The van der Waals surface area contributed by atoms with Gasteiger partial charge >= 0.3 is 0 Å². The topological polar surface area (TPSA) is 56.2 Å². The molecule has 0 aliphatic carbocycles. The maximum Gasteiger partial charge on any atom is 0.193 e. The van der Waals surface area contributed by atoms with Gasteiger partial charge in [0.1, 0.15) is 5.76 Å². The Labute approximate surface area is 120 Å². The van der Waals surface area contributed by atoms with Crippen LogP contribution in [-0.2, 0) is 0 Å². The molecule has 0 aliphatic rings. The Morgan fingerprint density at radius 3 is 2.70 bits per heavy atom. The fourth-order valence-electron chi connectivity index (χ4n) is 2.08. The van der Waals surface area contributed by atoms with E-state index in [0.717, 1.165) is 11.1 Å². The number of anilines is 1. The van der Waals surface area contributed by atoms with Crippen molar-refractivity contribution >= 4 is 28.3 Å². The Bertz CT molecular complexity index is 868. The molecule has 20 heavy (non-hydrogen) atoms. The second-order valence-corrected chi connectivity index (χ2v) is 5.07. The first kappa shape index (κ1) is 12.8. The molecule has 0 spiro atoms. The van der Waals surface area contributed by atoms with Crippen molar-refractivity contribution in [1.29, 1.82) is 0 Å². The minimum Gasteiger partial charge on any atom is -0.454 e. The quantitative estimate of drug-likeness (QED) is 0.687. The summed E-state index contributed by atoms with van der Waals surface area (Å²) in [4.78, 5) is 12.1. The van der Waals surface area contributed by atoms with Crippen LogP contribution >= 0.6 is 11.6 Å². The van der Waals surface area contributed by atoms with Crippen LogP contribution in [-0.4, -0.2) is 0 Å². The van der Waals surface area contributed by atoms with E-state index in [9.17, 15) is 4.79 Å². The van der Waals surface area contributed by atoms with Crippen molar-refractivity contribution in [1.82, 2.24) is 0 Å². The van der Waals surface area contributed by atoms with Crippen molar-refractivity contribution in [3.63, 3.8) is 0 Å². The van der Waals surface area contributed by atoms with E-state index in [1.165, 1.54) is 6.07 Å². The van der Waals surface area contributed by atoms with Gasteiger partial charge in [-0.3, -0.25) is 4.79 Å². The van der Waals surface area contributed by atoms with Crippen LogP contribution in [0.3, 0.4) is 0 Å². The normalized spacial score (nSPS) is 10.9. The van der Waals surface area contributed by atoms with E-state index in [1.807, 2.05) is 19.1 Å². The van der Waals surface area contributed by atoms with Crippen LogP contribution < -0.4 is 11.2 Å². The third-order valence-electron chi connectivity index (χ3n) is 3.27. The Balaban J connectivity index is 2.29. The fraction of sp³-hybridized carbons (Fsp3) is 0.0625. The number of nitrogens with two attached hydrogens (primary N) is 1. The van der Waals surface area contributed by atoms with E-state index in [2.05, 4.69) is 0 Å². The molecule has 0 fully saturated rings. The molecule has 1 heterocycles. The van der Waals surface area contributed by atoms with Gasteiger partial charge in [0.05, 0.1) is 10.4 Å². The Kier molecular flexibility index (Phi) is 2.99. The second kappa shape index (κ2) is 4.69. The lowest BCUT2D eigenvalue weighted by atomic mass is 10.1. The molecule has 0 amide bonds. The maximum atomic E-state index is 12.1. The Morgan fingerprint density at radius 2 is 1.95 bits per heavy atom. The molecule has 0 aliphatic heterocycles. The van der Waals surface area contributed by atoms with Gasteiger partial charge < -0.3 is 10.2 Å². The molecule has 0 saturated carbocycles. The predicted molar refractivity (Wildman–Crippen MR) is 82.1 cm³/mol. The Morgan fingerprint density at radius 1 is 1.15 bits per heavy atom. The highest BCUT2D eigenvalue weighted by Gasteiger charge is 2.10. The van der Waals surface area contributed by atoms with Gasteiger partial charge in [0.2, 0.25) is 0 Å². The third-order valence-corrected chi connectivity index (χ3v) is 3.57. The van der Waals surface area contributed by atoms with Gasteiger partial charge in [-0.1, -0.05) is 29.8 Å². The fourth-order valence-corrected chi connectivity index (χ4v) is 2.29. The van der Waals surface area contributed by atoms with Crippen molar-refractivity contribution in [3.8, 4) is 11.3 Å². The highest BCUT2D eigenvalue weighted by Crippen LogP contribution is 2.28. The molecule has 2 N–H and O–H groups in total. The van der Waals surface area contributed by atoms with Gasteiger partial charge in [0.15, 0.2) is 11.0 Å². The summed E-state index contributed by atoms with van der Waals surface area (Å²) in [6.07, 6.45) is 0. The SMILES string of the molecule is Cc1ccc(-c2cc(=O)c3cccc(Cl)c3o2)cc1N. The molecule has 0 radical (unpaired) electrons. The van der Waals surface area contributed by atoms with Gasteiger partial charge in [-0.05, 0) is 30.7 Å². The van der Waals surface area contributed by atoms with E-state index in [-0.39, 0.29) is 5.43 Å². The number of para-hydroxylation sites is 1. The number of hydrogen-bond donors (Lipinski definition) is 1. The van der Waals surface area contributed by atoms with Gasteiger partial charge in [-0.2, -0.15) is 0 Å². The van der Waals surface area contributed by atoms with Gasteiger partial charge in [0.25, 0.3) is 0 Å². The maximum absolute atomic E-state index is 12.1. The monoisotopic (exact) mass is 285 g/mol. The zero-order chi connectivity index (χ0) is 14.3. The van der Waals surface area contributed by atoms with Gasteiger partial charge in [-0.25, -0.2) is 0 Å². The highest BCUT2D eigenvalue weighted by atomic mass is 35.5. The molecule has 3 rings (SSSR count). The number of halogens is 1. The van der Waals surface area contributed by atoms with Crippen molar-refractivity contribution in [3.05, 3.63) is 63.3 Å². The summed E-state index contributed by atoms with van der Waals surface area (Å²) in [6.45, 7) is 1.92. The van der Waals surface area contributed by atoms with Crippen molar-refractivity contribution in [2.45, 2.75) is 6.92 Å². The smallest absolute Gasteiger partial charge is 0.193 e. The molecule has 4 heteroatoms. The van der Waals surface area contributed by atoms with E-state index in [0.29, 0.717) is 27.4 Å². The molecule has 1 aromatic heterocycles. The molecule has 0 saturated heterocycles. The molecule has 2 aromatic carbocycles. The largest absolute Gasteiger partial charge is 0.454 e. The number of fused-ring (bicyclic) bond motifs is 1. The van der Waals surface area contributed by atoms with Gasteiger partial charge in [-0.15, -0.1) is 0 Å². The van der Waals surface area contributed by atoms with Crippen LogP contribution in [0.1, 0.15) is 5.56 Å². The van der Waals surface area contributed by atoms with E-state index >= 15 is 0 Å². The molecule has 0 bridgehead atoms. The average molecular weight is 286 g/mol. The third kappa shape index (κ3) is 2.06. The standard InChI is InChI=1S/C16H12ClNO2/c1-9-5-6-10(7-13(9)18)15-8-14(19)11-3-2-4-12(17)16(11)20-15/h2-8H,18H2,1H3. The molecule has 3 aromatic rings. The van der Waals surface area contributed by atoms with Gasteiger partial charge in [0, 0.05) is 17.3 Å². The van der Waals surface area contributed by atoms with Crippen molar-refractivity contribution in [2.24, 2.45) is 0 Å². The number of rotatable bonds is 1. The average Bonchev–Trinajstić information content (AvgIpc) is 2.43. The molecular weight excluding hydrogens is 274 g/mol. The Hall–Kier alpha value is -2.26. The molecule has 100 valence electrons. The van der Waals surface area contributed by atoms with E-state index in [4.69, 9.17) is 21.8 Å². The molecule has 0 unspecified atom stereocenters. The number of hydrogen-bond acceptors (Lipinski definition) is 3. The van der Waals surface area contributed by atoms with Crippen LogP contribution in [0.25, 0.3) is 22.3 Å². The lowest BCUT2D eigenvalue weighted by Crippen LogP contribution is -2.00. The minimum absolute atomic E-state index is 0.122. The summed E-state index contributed by atoms with van der Waals surface area (Å²) < 4.78 is 5.77. The zero-order valence-electron chi connectivity index (χ0n) is 10.8. The van der Waals surface area contributed by atoms with E-state index in [1.54, 1.807) is 24.3 Å². The van der Waals surface area contributed by atoms with Crippen LogP contribution in [0.4, 0.5) is 5.69 Å². The van der Waals surface area contributed by atoms with Crippen molar-refractivity contribution < 1.29 is 4.42 Å². The zero-order valence-corrected chi connectivity index (χ0v) is 11.6. The first-order chi connectivity index (χ1) is 9.56. The van der Waals surface area contributed by atoms with Crippen LogP contribution in [0.2, 0.25) is 5.02 Å². The summed E-state index contributed by atoms with van der Waals surface area (Å²) in [5.74, 6) is 0.460. The predicted octanol–water partition coefficient (Wildman–Crippen LogP) is 4.00. The molecule has 0 atom stereocenters. The summed E-state index contributed by atoms with van der Waals surface area (Å²) in [5.41, 5.74) is 8.56. The highest BCUT2D eigenvalue weighted by molar-refractivity contribution is 6.34. The van der Waals surface area contributed by atoms with Crippen LogP contribution in [0.15, 0.2) is 51.7 Å². The summed E-state index contributed by atoms with van der Waals surface area (Å²) in [7, 11) is 0. The van der Waals surface area contributed by atoms with Crippen LogP contribution in [0, 0.1) is 6.92 Å². The van der Waals surface area contributed by atoms with Crippen LogP contribution in [0.5, 0.6) is 0 Å². The second-order valence-electron chi connectivity index (χ2n) is 4.66. The number of nitrogen functional groups attached to an aromatic ring is 1. The lowest BCUT2D eigenvalue weighted by molar-refractivity contribution is 0.619. The first-order valence-electron chi connectivity index (χ1n) is 6.15. The summed E-state index contributed by atoms with van der Waals surface area (Å²) in [5, 5.41) is 0.892. The number of benzene rings is 2.